The van der Waals surface area contributed by atoms with Crippen molar-refractivity contribution in [1.82, 2.24) is 0 Å². The summed E-state index contributed by atoms with van der Waals surface area (Å²) in [5.74, 6) is 2.32. The van der Waals surface area contributed by atoms with Gasteiger partial charge in [0.1, 0.15) is 0 Å². The lowest BCUT2D eigenvalue weighted by Crippen LogP contribution is -1.71. The first-order valence-corrected chi connectivity index (χ1v) is 1.91. The molecule has 0 radical (unpaired) electrons. The van der Waals surface area contributed by atoms with Crippen LogP contribution in [0.15, 0.2) is 24.4 Å². The molecule has 0 aromatic rings. The summed E-state index contributed by atoms with van der Waals surface area (Å²) in [5, 5.41) is 0. The highest BCUT2D eigenvalue weighted by molar-refractivity contribution is 5.14. The molecule has 0 aromatic heterocycles. The topological polar surface area (TPSA) is 26.0 Å². The van der Waals surface area contributed by atoms with E-state index in [1.165, 1.54) is 6.20 Å². The van der Waals surface area contributed by atoms with Crippen molar-refractivity contribution >= 4 is 0 Å². The number of allylic oxidation sites excluding steroid dienone is 3. The summed E-state index contributed by atoms with van der Waals surface area (Å²) in [7, 11) is 0. The van der Waals surface area contributed by atoms with Crippen LogP contribution >= 0.6 is 0 Å². The highest BCUT2D eigenvalue weighted by Gasteiger charge is 1.52. The minimum Gasteiger partial charge on any atom is -0.405 e. The molecular weight excluding hydrogens is 86.1 g/mol. The van der Waals surface area contributed by atoms with Gasteiger partial charge in [0, 0.05) is 0 Å². The molecule has 0 saturated heterocycles. The summed E-state index contributed by atoms with van der Waals surface area (Å²) in [6.07, 6.45) is 11.2. The fourth-order valence-corrected chi connectivity index (χ4v) is 0.175. The van der Waals surface area contributed by atoms with Crippen LogP contribution < -0.4 is 5.73 Å². The molecule has 1 nitrogen and oxygen atoms in total. The van der Waals surface area contributed by atoms with Gasteiger partial charge in [-0.2, -0.15) is 0 Å². The quantitative estimate of drug-likeness (QED) is 0.374. The van der Waals surface area contributed by atoms with Crippen LogP contribution in [0.4, 0.5) is 0 Å². The SMILES string of the molecule is C#C/C=C\C=C/N. The zero-order chi connectivity index (χ0) is 5.54. The Morgan fingerprint density at radius 2 is 2.14 bits per heavy atom. The monoisotopic (exact) mass is 93.1 g/mol. The minimum absolute atomic E-state index is 1.42. The molecule has 2 N–H and O–H groups in total. The Labute approximate surface area is 43.5 Å². The van der Waals surface area contributed by atoms with Gasteiger partial charge in [-0.15, -0.1) is 6.42 Å². The Balaban J connectivity index is 3.33. The van der Waals surface area contributed by atoms with Crippen LogP contribution in [0.1, 0.15) is 0 Å². The Hall–Kier alpha value is -1.16. The van der Waals surface area contributed by atoms with Gasteiger partial charge >= 0.3 is 0 Å². The molecule has 0 heterocycles. The molecule has 0 unspecified atom stereocenters. The van der Waals surface area contributed by atoms with E-state index in [4.69, 9.17) is 12.2 Å². The van der Waals surface area contributed by atoms with E-state index in [2.05, 4.69) is 5.92 Å². The summed E-state index contributed by atoms with van der Waals surface area (Å²) < 4.78 is 0. The number of rotatable bonds is 1. The van der Waals surface area contributed by atoms with Gasteiger partial charge in [0.2, 0.25) is 0 Å². The van der Waals surface area contributed by atoms with Crippen LogP contribution in [0.2, 0.25) is 0 Å². The van der Waals surface area contributed by atoms with E-state index in [0.29, 0.717) is 0 Å². The summed E-state index contributed by atoms with van der Waals surface area (Å²) in [5.41, 5.74) is 4.97. The molecule has 0 aliphatic rings. The Kier molecular flexibility index (Phi) is 4.04. The van der Waals surface area contributed by atoms with Gasteiger partial charge in [-0.3, -0.25) is 0 Å². The molecule has 0 saturated carbocycles. The lowest BCUT2D eigenvalue weighted by molar-refractivity contribution is 1.60. The molecule has 0 aliphatic carbocycles. The van der Waals surface area contributed by atoms with Crippen LogP contribution in [0.5, 0.6) is 0 Å². The van der Waals surface area contributed by atoms with Crippen LogP contribution in [-0.2, 0) is 0 Å². The second-order valence-electron chi connectivity index (χ2n) is 0.911. The van der Waals surface area contributed by atoms with Crippen molar-refractivity contribution in [3.05, 3.63) is 24.4 Å². The zero-order valence-electron chi connectivity index (χ0n) is 3.96. The Morgan fingerprint density at radius 1 is 1.43 bits per heavy atom. The van der Waals surface area contributed by atoms with Crippen molar-refractivity contribution in [2.75, 3.05) is 0 Å². The van der Waals surface area contributed by atoms with Gasteiger partial charge in [-0.05, 0) is 18.4 Å². The van der Waals surface area contributed by atoms with E-state index in [9.17, 15) is 0 Å². The molecule has 7 heavy (non-hydrogen) atoms. The molecule has 1 heteroatoms. The first kappa shape index (κ1) is 5.84. The fraction of sp³-hybridized carbons (Fsp3) is 0. The van der Waals surface area contributed by atoms with Crippen molar-refractivity contribution in [2.24, 2.45) is 5.73 Å². The molecule has 0 bridgehead atoms. The lowest BCUT2D eigenvalue weighted by atomic mass is 10.5. The van der Waals surface area contributed by atoms with E-state index >= 15 is 0 Å². The van der Waals surface area contributed by atoms with E-state index in [1.54, 1.807) is 18.2 Å². The van der Waals surface area contributed by atoms with Gasteiger partial charge < -0.3 is 5.73 Å². The molecule has 36 valence electrons. The van der Waals surface area contributed by atoms with Gasteiger partial charge in [0.15, 0.2) is 0 Å². The van der Waals surface area contributed by atoms with E-state index in [-0.39, 0.29) is 0 Å². The first-order valence-electron chi connectivity index (χ1n) is 1.91. The maximum atomic E-state index is 4.97. The molecule has 0 atom stereocenters. The summed E-state index contributed by atoms with van der Waals surface area (Å²) >= 11 is 0. The second kappa shape index (κ2) is 4.84. The molecular formula is C6H7N. The van der Waals surface area contributed by atoms with Crippen molar-refractivity contribution in [3.63, 3.8) is 0 Å². The largest absolute Gasteiger partial charge is 0.405 e. The number of terminal acetylenes is 1. The summed E-state index contributed by atoms with van der Waals surface area (Å²) in [4.78, 5) is 0. The predicted molar refractivity (Wildman–Crippen MR) is 31.3 cm³/mol. The minimum atomic E-state index is 1.42. The van der Waals surface area contributed by atoms with Crippen LogP contribution in [-0.4, -0.2) is 0 Å². The van der Waals surface area contributed by atoms with Gasteiger partial charge in [-0.1, -0.05) is 12.0 Å². The van der Waals surface area contributed by atoms with E-state index < -0.39 is 0 Å². The highest BCUT2D eigenvalue weighted by Crippen LogP contribution is 1.68. The molecule has 0 amide bonds. The van der Waals surface area contributed by atoms with Crippen LogP contribution in [0.3, 0.4) is 0 Å². The molecule has 0 aliphatic heterocycles. The van der Waals surface area contributed by atoms with Crippen molar-refractivity contribution < 1.29 is 0 Å². The lowest BCUT2D eigenvalue weighted by Gasteiger charge is -1.64. The van der Waals surface area contributed by atoms with E-state index in [1.807, 2.05) is 0 Å². The molecule has 0 aromatic carbocycles. The fourth-order valence-electron chi connectivity index (χ4n) is 0.175. The smallest absolute Gasteiger partial charge is 0.00622 e. The molecule has 0 fully saturated rings. The molecule has 0 spiro atoms. The standard InChI is InChI=1S/C6H7N/c1-2-3-4-5-6-7/h1,3-6H,7H2/b4-3-,6-5-. The van der Waals surface area contributed by atoms with Gasteiger partial charge in [-0.25, -0.2) is 0 Å². The third-order valence-corrected chi connectivity index (χ3v) is 0.415. The average molecular weight is 93.1 g/mol. The first-order chi connectivity index (χ1) is 3.41. The van der Waals surface area contributed by atoms with E-state index in [0.717, 1.165) is 0 Å². The number of hydrogen-bond donors (Lipinski definition) is 1. The van der Waals surface area contributed by atoms with Crippen LogP contribution in [0, 0.1) is 12.3 Å². The number of nitrogens with two attached hydrogens (primary N) is 1. The van der Waals surface area contributed by atoms with Crippen LogP contribution in [0.25, 0.3) is 0 Å². The van der Waals surface area contributed by atoms with Gasteiger partial charge in [0.05, 0.1) is 0 Å². The summed E-state index contributed by atoms with van der Waals surface area (Å²) in [6.45, 7) is 0. The van der Waals surface area contributed by atoms with Gasteiger partial charge in [0.25, 0.3) is 0 Å². The maximum absolute atomic E-state index is 4.97. The predicted octanol–water partition coefficient (Wildman–Crippen LogP) is 0.648. The maximum Gasteiger partial charge on any atom is -0.00622 e. The Bertz CT molecular complexity index is 115. The van der Waals surface area contributed by atoms with Crippen molar-refractivity contribution in [3.8, 4) is 12.3 Å². The number of hydrogen-bond acceptors (Lipinski definition) is 1. The third kappa shape index (κ3) is 4.84. The average Bonchev–Trinajstić information content (AvgIpc) is 1.69. The highest BCUT2D eigenvalue weighted by atomic mass is 14.5. The second-order valence-corrected chi connectivity index (χ2v) is 0.911. The van der Waals surface area contributed by atoms with Crippen molar-refractivity contribution in [1.29, 1.82) is 0 Å². The zero-order valence-corrected chi connectivity index (χ0v) is 3.96. The third-order valence-electron chi connectivity index (χ3n) is 0.415. The normalized spacial score (nSPS) is 10.1. The molecule has 0 rings (SSSR count). The summed E-state index contributed by atoms with van der Waals surface area (Å²) in [6, 6.07) is 0. The Morgan fingerprint density at radius 3 is 2.57 bits per heavy atom. The van der Waals surface area contributed by atoms with Crippen molar-refractivity contribution in [2.45, 2.75) is 0 Å².